The Balaban J connectivity index is 1.61. The molecule has 0 aromatic carbocycles. The number of esters is 2. The molecule has 5 aliphatic carbocycles. The van der Waals surface area contributed by atoms with Crippen LogP contribution >= 0.6 is 0 Å². The van der Waals surface area contributed by atoms with Gasteiger partial charge < -0.3 is 9.47 Å². The number of Topliss-reactive ketones (excluding diaryl/α,β-unsaturated/α-hetero) is 1. The fourth-order valence-corrected chi connectivity index (χ4v) is 9.42. The topological polar surface area (TPSA) is 69.7 Å². The second kappa shape index (κ2) is 9.93. The van der Waals surface area contributed by atoms with E-state index in [0.717, 1.165) is 64.2 Å². The van der Waals surface area contributed by atoms with Gasteiger partial charge in [-0.25, -0.2) is 0 Å². The molecule has 38 heavy (non-hydrogen) atoms. The van der Waals surface area contributed by atoms with Crippen LogP contribution in [-0.4, -0.2) is 29.9 Å². The minimum absolute atomic E-state index is 0.0530. The molecule has 2 bridgehead atoms. The third-order valence-electron chi connectivity index (χ3n) is 12.1. The van der Waals surface area contributed by atoms with E-state index in [1.54, 1.807) is 0 Å². The maximum Gasteiger partial charge on any atom is 0.309 e. The van der Waals surface area contributed by atoms with Crippen molar-refractivity contribution in [1.82, 2.24) is 0 Å². The summed E-state index contributed by atoms with van der Waals surface area (Å²) in [5.41, 5.74) is -0.829. The van der Waals surface area contributed by atoms with Gasteiger partial charge in [-0.15, -0.1) is 6.58 Å². The van der Waals surface area contributed by atoms with Gasteiger partial charge in [-0.2, -0.15) is 0 Å². The fraction of sp³-hybridized carbons (Fsp3) is 0.788. The van der Waals surface area contributed by atoms with E-state index in [4.69, 9.17) is 9.47 Å². The molecule has 5 saturated carbocycles. The third-order valence-corrected chi connectivity index (χ3v) is 12.1. The van der Waals surface area contributed by atoms with Gasteiger partial charge >= 0.3 is 11.9 Å². The highest BCUT2D eigenvalue weighted by Crippen LogP contribution is 2.69. The largest absolute Gasteiger partial charge is 0.462 e. The normalized spacial score (nSPS) is 43.8. The van der Waals surface area contributed by atoms with E-state index in [1.807, 2.05) is 6.08 Å². The zero-order valence-corrected chi connectivity index (χ0v) is 24.1. The quantitative estimate of drug-likeness (QED) is 0.220. The molecule has 5 heteroatoms. The number of hydrogen-bond donors (Lipinski definition) is 0. The molecule has 0 aromatic rings. The van der Waals surface area contributed by atoms with Crippen LogP contribution in [0.4, 0.5) is 0 Å². The van der Waals surface area contributed by atoms with E-state index in [0.29, 0.717) is 18.4 Å². The molecule has 0 spiro atoms. The molecular weight excluding hydrogens is 476 g/mol. The molecule has 0 N–H and O–H groups in total. The maximum absolute atomic E-state index is 14.0. The van der Waals surface area contributed by atoms with E-state index < -0.39 is 23.0 Å². The number of ether oxygens (including phenoxy) is 2. The Morgan fingerprint density at radius 1 is 0.921 bits per heavy atom. The summed E-state index contributed by atoms with van der Waals surface area (Å²) in [6.45, 7) is 17.2. The molecule has 8 atom stereocenters. The first kappa shape index (κ1) is 27.6. The van der Waals surface area contributed by atoms with Crippen LogP contribution in [0.2, 0.25) is 0 Å². The van der Waals surface area contributed by atoms with Crippen LogP contribution in [0.3, 0.4) is 0 Å². The molecule has 0 heterocycles. The summed E-state index contributed by atoms with van der Waals surface area (Å²) in [6.07, 6.45) is 11.7. The molecule has 0 aliphatic heterocycles. The molecule has 0 unspecified atom stereocenters. The summed E-state index contributed by atoms with van der Waals surface area (Å²) in [5, 5.41) is 0. The average Bonchev–Trinajstić information content (AvgIpc) is 3.66. The summed E-state index contributed by atoms with van der Waals surface area (Å²) < 4.78 is 13.1. The summed E-state index contributed by atoms with van der Waals surface area (Å²) in [4.78, 5) is 41.0. The minimum Gasteiger partial charge on any atom is -0.462 e. The average molecular weight is 525 g/mol. The SMILES string of the molecule is C=C[C@]1(C)C[C@@H](OC(=O)C2CCCC2)[C@]2(C)[C@H](C)CC[C@]3(CC(=C)C(=O)[C@H]32)[C@@H](C)[C@@H]1OC(=O)C1CCCC1. The van der Waals surface area contributed by atoms with Gasteiger partial charge in [-0.3, -0.25) is 14.4 Å². The Morgan fingerprint density at radius 3 is 2.03 bits per heavy atom. The first-order valence-electron chi connectivity index (χ1n) is 15.2. The monoisotopic (exact) mass is 524 g/mol. The van der Waals surface area contributed by atoms with E-state index in [2.05, 4.69) is 40.9 Å². The predicted octanol–water partition coefficient (Wildman–Crippen LogP) is 6.99. The van der Waals surface area contributed by atoms with Crippen LogP contribution in [0.1, 0.15) is 105 Å². The van der Waals surface area contributed by atoms with Crippen molar-refractivity contribution in [1.29, 1.82) is 0 Å². The number of rotatable bonds is 5. The van der Waals surface area contributed by atoms with Crippen LogP contribution in [0.25, 0.3) is 0 Å². The van der Waals surface area contributed by atoms with E-state index in [9.17, 15) is 14.4 Å². The van der Waals surface area contributed by atoms with Gasteiger partial charge in [0.2, 0.25) is 0 Å². The van der Waals surface area contributed by atoms with Crippen LogP contribution in [-0.2, 0) is 23.9 Å². The third kappa shape index (κ3) is 4.13. The van der Waals surface area contributed by atoms with Gasteiger partial charge in [-0.1, -0.05) is 66.0 Å². The summed E-state index contributed by atoms with van der Waals surface area (Å²) >= 11 is 0. The molecule has 5 fully saturated rings. The summed E-state index contributed by atoms with van der Waals surface area (Å²) in [6, 6.07) is 0. The number of hydrogen-bond acceptors (Lipinski definition) is 5. The van der Waals surface area contributed by atoms with Crippen molar-refractivity contribution < 1.29 is 23.9 Å². The molecule has 5 rings (SSSR count). The Morgan fingerprint density at radius 2 is 1.47 bits per heavy atom. The molecule has 5 aliphatic rings. The number of allylic oxidation sites excluding steroid dienone is 1. The highest BCUT2D eigenvalue weighted by atomic mass is 16.6. The van der Waals surface area contributed by atoms with Crippen molar-refractivity contribution in [2.75, 3.05) is 0 Å². The Bertz CT molecular complexity index is 1000. The van der Waals surface area contributed by atoms with Crippen LogP contribution in [0, 0.1) is 45.8 Å². The summed E-state index contributed by atoms with van der Waals surface area (Å²) in [7, 11) is 0. The second-order valence-corrected chi connectivity index (χ2v) is 14.1. The van der Waals surface area contributed by atoms with Crippen molar-refractivity contribution in [3.05, 3.63) is 24.8 Å². The molecule has 210 valence electrons. The molecule has 0 saturated heterocycles. The standard InChI is InChI=1S/C33H48O5/c1-7-31(5)19-25(37-29(35)23-12-8-9-13-23)32(6)21(3)16-17-33(18-20(2)26(34)27(32)33)22(4)28(31)38-30(36)24-14-10-11-15-24/h7,21-25,27-28H,1-2,8-19H2,3-6H3/t21-,22+,25-,27+,28+,31-,32+,33+/m1/s1. The van der Waals surface area contributed by atoms with Gasteiger partial charge in [0.1, 0.15) is 12.2 Å². The van der Waals surface area contributed by atoms with Crippen LogP contribution < -0.4 is 0 Å². The highest BCUT2D eigenvalue weighted by molar-refractivity contribution is 6.00. The lowest BCUT2D eigenvalue weighted by atomic mass is 9.44. The first-order chi connectivity index (χ1) is 18.0. The first-order valence-corrected chi connectivity index (χ1v) is 15.2. The highest BCUT2D eigenvalue weighted by Gasteiger charge is 2.70. The number of ketones is 1. The smallest absolute Gasteiger partial charge is 0.309 e. The van der Waals surface area contributed by atoms with Crippen molar-refractivity contribution in [2.24, 2.45) is 45.8 Å². The lowest BCUT2D eigenvalue weighted by Crippen LogP contribution is -2.63. The number of carbonyl (C=O) groups is 3. The zero-order valence-electron chi connectivity index (χ0n) is 24.1. The predicted molar refractivity (Wildman–Crippen MR) is 147 cm³/mol. The minimum atomic E-state index is -0.600. The van der Waals surface area contributed by atoms with Crippen molar-refractivity contribution in [3.8, 4) is 0 Å². The van der Waals surface area contributed by atoms with Gasteiger partial charge in [0, 0.05) is 22.7 Å². The lowest BCUT2D eigenvalue weighted by Gasteiger charge is -2.62. The number of carbonyl (C=O) groups excluding carboxylic acids is 3. The second-order valence-electron chi connectivity index (χ2n) is 14.1. The molecule has 0 radical (unpaired) electrons. The van der Waals surface area contributed by atoms with Crippen molar-refractivity contribution in [2.45, 2.75) is 117 Å². The van der Waals surface area contributed by atoms with E-state index in [-0.39, 0.29) is 52.7 Å². The van der Waals surface area contributed by atoms with E-state index in [1.165, 1.54) is 0 Å². The van der Waals surface area contributed by atoms with Crippen LogP contribution in [0.5, 0.6) is 0 Å². The van der Waals surface area contributed by atoms with Gasteiger partial charge in [-0.05, 0) is 68.3 Å². The zero-order chi connectivity index (χ0) is 27.5. The van der Waals surface area contributed by atoms with Crippen molar-refractivity contribution >= 4 is 17.7 Å². The van der Waals surface area contributed by atoms with Gasteiger partial charge in [0.25, 0.3) is 0 Å². The van der Waals surface area contributed by atoms with Crippen LogP contribution in [0.15, 0.2) is 24.8 Å². The summed E-state index contributed by atoms with van der Waals surface area (Å²) in [5.74, 6) is -0.385. The molecule has 0 aromatic heterocycles. The van der Waals surface area contributed by atoms with Gasteiger partial charge in [0.15, 0.2) is 5.78 Å². The lowest BCUT2D eigenvalue weighted by molar-refractivity contribution is -0.216. The van der Waals surface area contributed by atoms with Gasteiger partial charge in [0.05, 0.1) is 11.8 Å². The van der Waals surface area contributed by atoms with Crippen molar-refractivity contribution in [3.63, 3.8) is 0 Å². The fourth-order valence-electron chi connectivity index (χ4n) is 9.42. The Labute approximate surface area is 229 Å². The van der Waals surface area contributed by atoms with E-state index >= 15 is 0 Å². The maximum atomic E-state index is 14.0. The molecule has 5 nitrogen and oxygen atoms in total. The molecule has 0 amide bonds. The Kier molecular flexibility index (Phi) is 7.22. The Hall–Kier alpha value is -1.91. The molecular formula is C33H48O5.